The van der Waals surface area contributed by atoms with Crippen LogP contribution in [0.2, 0.25) is 5.02 Å². The first kappa shape index (κ1) is 10.5. The predicted molar refractivity (Wildman–Crippen MR) is 62.5 cm³/mol. The van der Waals surface area contributed by atoms with Crippen molar-refractivity contribution >= 4 is 17.9 Å². The van der Waals surface area contributed by atoms with Crippen molar-refractivity contribution in [2.24, 2.45) is 0 Å². The lowest BCUT2D eigenvalue weighted by molar-refractivity contribution is 0.110. The first-order valence-corrected chi connectivity index (χ1v) is 5.57. The van der Waals surface area contributed by atoms with E-state index < -0.39 is 0 Å². The molecule has 0 saturated carbocycles. The monoisotopic (exact) mass is 248 g/mol. The Bertz CT molecular complexity index is 592. The molecular weight excluding hydrogens is 240 g/mol. The van der Waals surface area contributed by atoms with Crippen LogP contribution in [0.25, 0.3) is 5.69 Å². The smallest absolute Gasteiger partial charge is 0.170 e. The molecule has 0 N–H and O–H groups in total. The zero-order valence-electron chi connectivity index (χ0n) is 8.89. The second-order valence-corrected chi connectivity index (χ2v) is 4.19. The number of fused-ring (bicyclic) bond motifs is 1. The Kier molecular flexibility index (Phi) is 2.46. The van der Waals surface area contributed by atoms with Gasteiger partial charge in [-0.05, 0) is 12.1 Å². The minimum atomic E-state index is 0.428. The number of benzene rings is 1. The third kappa shape index (κ3) is 1.57. The van der Waals surface area contributed by atoms with Crippen LogP contribution in [0.5, 0.6) is 0 Å². The minimum absolute atomic E-state index is 0.428. The van der Waals surface area contributed by atoms with Gasteiger partial charge in [-0.3, -0.25) is 4.79 Å². The van der Waals surface area contributed by atoms with Crippen molar-refractivity contribution in [2.75, 3.05) is 0 Å². The zero-order valence-corrected chi connectivity index (χ0v) is 9.65. The average Bonchev–Trinajstić information content (AvgIpc) is 2.91. The summed E-state index contributed by atoms with van der Waals surface area (Å²) in [5.74, 6) is 0. The Morgan fingerprint density at radius 3 is 2.94 bits per heavy atom. The molecule has 0 amide bonds. The number of hydrogen-bond acceptors (Lipinski definition) is 3. The molecule has 0 spiro atoms. The fraction of sp³-hybridized carbons (Fsp3) is 0.167. The van der Waals surface area contributed by atoms with E-state index in [2.05, 4.69) is 5.10 Å². The van der Waals surface area contributed by atoms with Crippen LogP contribution in [0.1, 0.15) is 21.7 Å². The van der Waals surface area contributed by atoms with Gasteiger partial charge < -0.3 is 4.74 Å². The molecule has 0 saturated heterocycles. The van der Waals surface area contributed by atoms with Crippen molar-refractivity contribution in [2.45, 2.75) is 13.2 Å². The molecule has 3 rings (SSSR count). The van der Waals surface area contributed by atoms with Gasteiger partial charge in [0.1, 0.15) is 5.69 Å². The van der Waals surface area contributed by atoms with E-state index in [1.165, 1.54) is 0 Å². The molecule has 1 aromatic carbocycles. The van der Waals surface area contributed by atoms with Crippen LogP contribution in [0.15, 0.2) is 24.3 Å². The lowest BCUT2D eigenvalue weighted by atomic mass is 10.2. The highest BCUT2D eigenvalue weighted by atomic mass is 35.5. The third-order valence-electron chi connectivity index (χ3n) is 2.80. The van der Waals surface area contributed by atoms with E-state index in [4.69, 9.17) is 16.3 Å². The summed E-state index contributed by atoms with van der Waals surface area (Å²) < 4.78 is 7.03. The fourth-order valence-electron chi connectivity index (χ4n) is 1.98. The summed E-state index contributed by atoms with van der Waals surface area (Å²) in [7, 11) is 0. The molecule has 0 fully saturated rings. The Balaban J connectivity index is 2.22. The molecular formula is C12H9ClN2O2. The highest BCUT2D eigenvalue weighted by molar-refractivity contribution is 6.32. The van der Waals surface area contributed by atoms with Crippen LogP contribution in [0.3, 0.4) is 0 Å². The predicted octanol–water partition coefficient (Wildman–Crippen LogP) is 2.37. The molecule has 2 aromatic rings. The first-order chi connectivity index (χ1) is 8.31. The van der Waals surface area contributed by atoms with Gasteiger partial charge in [-0.1, -0.05) is 23.7 Å². The van der Waals surface area contributed by atoms with E-state index in [9.17, 15) is 4.79 Å². The normalized spacial score (nSPS) is 13.7. The molecule has 4 nitrogen and oxygen atoms in total. The molecule has 2 heterocycles. The number of aromatic nitrogens is 2. The summed E-state index contributed by atoms with van der Waals surface area (Å²) in [6, 6.07) is 7.39. The number of ether oxygens (including phenoxy) is 1. The highest BCUT2D eigenvalue weighted by Crippen LogP contribution is 2.28. The largest absolute Gasteiger partial charge is 0.370 e. The van der Waals surface area contributed by atoms with Gasteiger partial charge in [-0.15, -0.1) is 0 Å². The van der Waals surface area contributed by atoms with E-state index in [0.717, 1.165) is 23.2 Å². The van der Waals surface area contributed by atoms with E-state index >= 15 is 0 Å². The number of carbonyl (C=O) groups is 1. The number of aldehydes is 1. The SMILES string of the molecule is O=Cc1nn(-c2ccccc2Cl)c2c1COC2. The van der Waals surface area contributed by atoms with E-state index in [1.807, 2.05) is 18.2 Å². The minimum Gasteiger partial charge on any atom is -0.370 e. The standard InChI is InChI=1S/C12H9ClN2O2/c13-9-3-1-2-4-11(9)15-12-7-17-6-8(12)10(5-16)14-15/h1-5H,6-7H2. The molecule has 5 heteroatoms. The molecule has 1 aromatic heterocycles. The van der Waals surface area contributed by atoms with Crippen molar-refractivity contribution in [1.29, 1.82) is 0 Å². The summed E-state index contributed by atoms with van der Waals surface area (Å²) >= 11 is 6.12. The summed E-state index contributed by atoms with van der Waals surface area (Å²) in [5, 5.41) is 4.86. The molecule has 0 aliphatic carbocycles. The van der Waals surface area contributed by atoms with Gasteiger partial charge >= 0.3 is 0 Å². The van der Waals surface area contributed by atoms with Crippen LogP contribution in [-0.2, 0) is 18.0 Å². The van der Waals surface area contributed by atoms with Gasteiger partial charge in [0.2, 0.25) is 0 Å². The molecule has 0 unspecified atom stereocenters. The Hall–Kier alpha value is -1.65. The topological polar surface area (TPSA) is 44.1 Å². The van der Waals surface area contributed by atoms with Crippen LogP contribution in [-0.4, -0.2) is 16.1 Å². The maximum absolute atomic E-state index is 10.9. The maximum Gasteiger partial charge on any atom is 0.170 e. The molecule has 1 aliphatic rings. The van der Waals surface area contributed by atoms with Gasteiger partial charge in [0, 0.05) is 5.56 Å². The van der Waals surface area contributed by atoms with Gasteiger partial charge in [0.25, 0.3) is 0 Å². The molecule has 0 atom stereocenters. The number of rotatable bonds is 2. The average molecular weight is 249 g/mol. The second-order valence-electron chi connectivity index (χ2n) is 3.78. The lowest BCUT2D eigenvalue weighted by Crippen LogP contribution is -2.02. The van der Waals surface area contributed by atoms with Crippen molar-refractivity contribution < 1.29 is 9.53 Å². The molecule has 1 aliphatic heterocycles. The van der Waals surface area contributed by atoms with Crippen molar-refractivity contribution in [3.8, 4) is 5.69 Å². The Labute approximate surface area is 103 Å². The van der Waals surface area contributed by atoms with Crippen LogP contribution in [0, 0.1) is 0 Å². The van der Waals surface area contributed by atoms with E-state index in [1.54, 1.807) is 10.7 Å². The summed E-state index contributed by atoms with van der Waals surface area (Å²) in [5.41, 5.74) is 2.96. The molecule has 86 valence electrons. The zero-order chi connectivity index (χ0) is 11.8. The van der Waals surface area contributed by atoms with Crippen molar-refractivity contribution in [3.63, 3.8) is 0 Å². The van der Waals surface area contributed by atoms with Crippen LogP contribution in [0.4, 0.5) is 0 Å². The molecule has 0 radical (unpaired) electrons. The first-order valence-electron chi connectivity index (χ1n) is 5.20. The molecule has 17 heavy (non-hydrogen) atoms. The van der Waals surface area contributed by atoms with Crippen molar-refractivity contribution in [1.82, 2.24) is 9.78 Å². The quantitative estimate of drug-likeness (QED) is 0.767. The third-order valence-corrected chi connectivity index (χ3v) is 3.12. The van der Waals surface area contributed by atoms with E-state index in [-0.39, 0.29) is 0 Å². The fourth-order valence-corrected chi connectivity index (χ4v) is 2.19. The van der Waals surface area contributed by atoms with Gasteiger partial charge in [-0.2, -0.15) is 5.10 Å². The van der Waals surface area contributed by atoms with Gasteiger partial charge in [0.15, 0.2) is 6.29 Å². The number of carbonyl (C=O) groups excluding carboxylic acids is 1. The number of halogens is 1. The van der Waals surface area contributed by atoms with Crippen molar-refractivity contribution in [3.05, 3.63) is 46.2 Å². The number of nitrogens with zero attached hydrogens (tertiary/aromatic N) is 2. The summed E-state index contributed by atoms with van der Waals surface area (Å²) in [4.78, 5) is 10.9. The number of para-hydroxylation sites is 1. The Morgan fingerprint density at radius 1 is 1.35 bits per heavy atom. The molecule has 0 bridgehead atoms. The van der Waals surface area contributed by atoms with E-state index in [0.29, 0.717) is 23.9 Å². The second kappa shape index (κ2) is 3.98. The highest BCUT2D eigenvalue weighted by Gasteiger charge is 2.24. The van der Waals surface area contributed by atoms with Gasteiger partial charge in [0.05, 0.1) is 29.6 Å². The lowest BCUT2D eigenvalue weighted by Gasteiger charge is -2.06. The summed E-state index contributed by atoms with van der Waals surface area (Å²) in [6.07, 6.45) is 0.751. The number of hydrogen-bond donors (Lipinski definition) is 0. The van der Waals surface area contributed by atoms with Crippen LogP contribution < -0.4 is 0 Å². The Morgan fingerprint density at radius 2 is 2.18 bits per heavy atom. The summed E-state index contributed by atoms with van der Waals surface area (Å²) in [6.45, 7) is 0.898. The van der Waals surface area contributed by atoms with Crippen LogP contribution >= 0.6 is 11.6 Å². The van der Waals surface area contributed by atoms with Gasteiger partial charge in [-0.25, -0.2) is 4.68 Å². The maximum atomic E-state index is 10.9.